The van der Waals surface area contributed by atoms with Crippen LogP contribution in [0, 0.1) is 3.57 Å². The third kappa shape index (κ3) is 4.15. The molecule has 0 N–H and O–H groups in total. The first kappa shape index (κ1) is 20.6. The highest BCUT2D eigenvalue weighted by Crippen LogP contribution is 2.33. The normalized spacial score (nSPS) is 12.0. The molecule has 0 atom stereocenters. The van der Waals surface area contributed by atoms with Crippen molar-refractivity contribution in [2.75, 3.05) is 4.31 Å². The van der Waals surface area contributed by atoms with E-state index in [-0.39, 0.29) is 10.6 Å². The van der Waals surface area contributed by atoms with Crippen LogP contribution in [0.4, 0.5) is 10.5 Å². The number of carbonyl (C=O) groups excluding carboxylic acids is 1. The molecule has 28 heavy (non-hydrogen) atoms. The number of fused-ring (bicyclic) bond motifs is 1. The molecule has 7 heteroatoms. The maximum atomic E-state index is 13.5. The summed E-state index contributed by atoms with van der Waals surface area (Å²) in [5.41, 5.74) is -0.591. The fraction of sp³-hybridized carbons (Fsp3) is 0.190. The van der Waals surface area contributed by atoms with Gasteiger partial charge in [-0.3, -0.25) is 0 Å². The maximum absolute atomic E-state index is 13.5. The minimum absolute atomic E-state index is 0.0504. The number of sulfonamides is 1. The zero-order valence-electron chi connectivity index (χ0n) is 15.7. The van der Waals surface area contributed by atoms with Gasteiger partial charge in [0.1, 0.15) is 10.5 Å². The van der Waals surface area contributed by atoms with E-state index in [4.69, 9.17) is 4.74 Å². The van der Waals surface area contributed by atoms with Gasteiger partial charge in [-0.25, -0.2) is 13.2 Å². The SMILES string of the molecule is CC(C)(C)OC(=O)N(c1cccc2ccccc12)S(=O)(=O)c1ccccc1I. The van der Waals surface area contributed by atoms with Crippen LogP contribution in [0.15, 0.2) is 71.6 Å². The van der Waals surface area contributed by atoms with Gasteiger partial charge in [-0.15, -0.1) is 0 Å². The number of anilines is 1. The molecule has 146 valence electrons. The molecular formula is C21H20INO4S. The van der Waals surface area contributed by atoms with Gasteiger partial charge in [-0.05, 0) is 66.9 Å². The lowest BCUT2D eigenvalue weighted by Gasteiger charge is -2.28. The molecule has 0 saturated carbocycles. The Morgan fingerprint density at radius 1 is 0.929 bits per heavy atom. The van der Waals surface area contributed by atoms with Crippen LogP contribution >= 0.6 is 22.6 Å². The highest BCUT2D eigenvalue weighted by molar-refractivity contribution is 14.1. The molecule has 0 unspecified atom stereocenters. The van der Waals surface area contributed by atoms with Gasteiger partial charge in [0.05, 0.1) is 5.69 Å². The van der Waals surface area contributed by atoms with Gasteiger partial charge in [0.25, 0.3) is 10.0 Å². The van der Waals surface area contributed by atoms with Gasteiger partial charge >= 0.3 is 6.09 Å². The fourth-order valence-corrected chi connectivity index (χ4v) is 5.40. The molecule has 5 nitrogen and oxygen atoms in total. The van der Waals surface area contributed by atoms with Gasteiger partial charge in [-0.1, -0.05) is 48.5 Å². The molecule has 0 aliphatic rings. The fourth-order valence-electron chi connectivity index (χ4n) is 2.77. The van der Waals surface area contributed by atoms with E-state index in [9.17, 15) is 13.2 Å². The highest BCUT2D eigenvalue weighted by atomic mass is 127. The second kappa shape index (κ2) is 7.71. The van der Waals surface area contributed by atoms with Crippen molar-refractivity contribution in [3.8, 4) is 0 Å². The van der Waals surface area contributed by atoms with Crippen molar-refractivity contribution in [1.29, 1.82) is 0 Å². The van der Waals surface area contributed by atoms with Crippen LogP contribution in [0.5, 0.6) is 0 Å². The molecule has 1 amide bonds. The molecule has 3 aromatic carbocycles. The van der Waals surface area contributed by atoms with Gasteiger partial charge in [0, 0.05) is 8.96 Å². The first-order valence-corrected chi connectivity index (χ1v) is 11.1. The Balaban J connectivity index is 2.27. The third-order valence-corrected chi connectivity index (χ3v) is 6.94. The van der Waals surface area contributed by atoms with Crippen molar-refractivity contribution >= 4 is 55.2 Å². The predicted molar refractivity (Wildman–Crippen MR) is 119 cm³/mol. The number of nitrogens with zero attached hydrogens (tertiary/aromatic N) is 1. The van der Waals surface area contributed by atoms with Crippen molar-refractivity contribution in [2.24, 2.45) is 0 Å². The second-order valence-corrected chi connectivity index (χ2v) is 10.1. The monoisotopic (exact) mass is 509 g/mol. The van der Waals surface area contributed by atoms with E-state index in [1.54, 1.807) is 63.2 Å². The molecule has 3 aromatic rings. The quantitative estimate of drug-likeness (QED) is 0.433. The number of rotatable bonds is 3. The van der Waals surface area contributed by atoms with Gasteiger partial charge in [0.15, 0.2) is 0 Å². The maximum Gasteiger partial charge on any atom is 0.429 e. The van der Waals surface area contributed by atoms with Crippen LogP contribution in [0.2, 0.25) is 0 Å². The van der Waals surface area contributed by atoms with Gasteiger partial charge < -0.3 is 4.74 Å². The average molecular weight is 509 g/mol. The zero-order chi connectivity index (χ0) is 20.5. The summed E-state index contributed by atoms with van der Waals surface area (Å²) in [7, 11) is -4.20. The van der Waals surface area contributed by atoms with Crippen molar-refractivity contribution in [3.05, 3.63) is 70.3 Å². The Bertz CT molecular complexity index is 1130. The van der Waals surface area contributed by atoms with E-state index >= 15 is 0 Å². The first-order valence-electron chi connectivity index (χ1n) is 8.62. The number of carbonyl (C=O) groups is 1. The molecule has 0 saturated heterocycles. The van der Waals surface area contributed by atoms with Crippen LogP contribution in [-0.4, -0.2) is 20.1 Å². The Morgan fingerprint density at radius 2 is 1.54 bits per heavy atom. The zero-order valence-corrected chi connectivity index (χ0v) is 18.7. The lowest BCUT2D eigenvalue weighted by molar-refractivity contribution is 0.0609. The summed E-state index contributed by atoms with van der Waals surface area (Å²) in [5, 5.41) is 1.47. The van der Waals surface area contributed by atoms with Crippen LogP contribution < -0.4 is 4.31 Å². The number of benzene rings is 3. The minimum atomic E-state index is -4.20. The molecular weight excluding hydrogens is 489 g/mol. The van der Waals surface area contributed by atoms with Crippen molar-refractivity contribution in [1.82, 2.24) is 0 Å². The number of hydrogen-bond acceptors (Lipinski definition) is 4. The topological polar surface area (TPSA) is 63.7 Å². The number of amides is 1. The van der Waals surface area contributed by atoms with Gasteiger partial charge in [-0.2, -0.15) is 4.31 Å². The highest BCUT2D eigenvalue weighted by Gasteiger charge is 2.36. The van der Waals surface area contributed by atoms with E-state index in [0.717, 1.165) is 9.69 Å². The van der Waals surface area contributed by atoms with Crippen LogP contribution in [-0.2, 0) is 14.8 Å². The number of ether oxygens (including phenoxy) is 1. The standard InChI is InChI=1S/C21H20INO4S/c1-21(2,3)27-20(24)23(28(25,26)19-14-7-6-12-17(19)22)18-13-8-10-15-9-4-5-11-16(15)18/h4-14H,1-3H3. The van der Waals surface area contributed by atoms with E-state index in [1.165, 1.54) is 6.07 Å². The Morgan fingerprint density at radius 3 is 2.21 bits per heavy atom. The minimum Gasteiger partial charge on any atom is -0.443 e. The summed E-state index contributed by atoms with van der Waals surface area (Å²) in [5.74, 6) is 0. The molecule has 0 radical (unpaired) electrons. The summed E-state index contributed by atoms with van der Waals surface area (Å²) in [6.07, 6.45) is -0.941. The van der Waals surface area contributed by atoms with Crippen LogP contribution in [0.1, 0.15) is 20.8 Å². The van der Waals surface area contributed by atoms with E-state index in [2.05, 4.69) is 0 Å². The summed E-state index contributed by atoms with van der Waals surface area (Å²) >= 11 is 1.95. The summed E-state index contributed by atoms with van der Waals surface area (Å²) < 4.78 is 33.8. The van der Waals surface area contributed by atoms with Crippen molar-refractivity contribution in [2.45, 2.75) is 31.3 Å². The Kier molecular flexibility index (Phi) is 5.67. The van der Waals surface area contributed by atoms with E-state index in [1.807, 2.05) is 40.8 Å². The Hall–Kier alpha value is -2.13. The summed E-state index contributed by atoms with van der Waals surface area (Å²) in [6, 6.07) is 19.1. The summed E-state index contributed by atoms with van der Waals surface area (Å²) in [6.45, 7) is 5.10. The molecule has 0 aliphatic heterocycles. The lowest BCUT2D eigenvalue weighted by Crippen LogP contribution is -2.41. The van der Waals surface area contributed by atoms with E-state index in [0.29, 0.717) is 8.96 Å². The van der Waals surface area contributed by atoms with Crippen molar-refractivity contribution in [3.63, 3.8) is 0 Å². The smallest absolute Gasteiger partial charge is 0.429 e. The predicted octanol–water partition coefficient (Wildman–Crippen LogP) is 5.57. The third-order valence-electron chi connectivity index (χ3n) is 3.90. The van der Waals surface area contributed by atoms with Crippen molar-refractivity contribution < 1.29 is 17.9 Å². The molecule has 0 aliphatic carbocycles. The lowest BCUT2D eigenvalue weighted by atomic mass is 10.1. The number of halogens is 1. The largest absolute Gasteiger partial charge is 0.443 e. The molecule has 0 heterocycles. The number of hydrogen-bond donors (Lipinski definition) is 0. The van der Waals surface area contributed by atoms with E-state index < -0.39 is 21.7 Å². The molecule has 0 aromatic heterocycles. The molecule has 0 spiro atoms. The van der Waals surface area contributed by atoms with Crippen LogP contribution in [0.25, 0.3) is 10.8 Å². The Labute approximate surface area is 178 Å². The molecule has 3 rings (SSSR count). The molecule has 0 bridgehead atoms. The second-order valence-electron chi connectivity index (χ2n) is 7.18. The molecule has 0 fully saturated rings. The average Bonchev–Trinajstić information content (AvgIpc) is 2.60. The van der Waals surface area contributed by atoms with Crippen LogP contribution in [0.3, 0.4) is 0 Å². The first-order chi connectivity index (χ1) is 13.1. The summed E-state index contributed by atoms with van der Waals surface area (Å²) in [4.78, 5) is 13.1. The van der Waals surface area contributed by atoms with Gasteiger partial charge in [0.2, 0.25) is 0 Å².